The number of sulfonamides is 1. The van der Waals surface area contributed by atoms with Gasteiger partial charge in [0.15, 0.2) is 5.82 Å². The molecule has 1 aliphatic rings. The molecule has 1 fully saturated rings. The van der Waals surface area contributed by atoms with Crippen LogP contribution in [-0.4, -0.2) is 67.9 Å². The molecule has 1 saturated heterocycles. The van der Waals surface area contributed by atoms with E-state index >= 15 is 0 Å². The van der Waals surface area contributed by atoms with Crippen molar-refractivity contribution in [3.8, 4) is 11.3 Å². The van der Waals surface area contributed by atoms with Gasteiger partial charge in [0.1, 0.15) is 12.2 Å². The summed E-state index contributed by atoms with van der Waals surface area (Å²) in [6.07, 6.45) is 2.65. The van der Waals surface area contributed by atoms with Gasteiger partial charge in [0.2, 0.25) is 15.9 Å². The molecule has 0 atom stereocenters. The normalized spacial score (nSPS) is 15.1. The molecule has 0 radical (unpaired) electrons. The van der Waals surface area contributed by atoms with Crippen LogP contribution in [0.2, 0.25) is 0 Å². The predicted molar refractivity (Wildman–Crippen MR) is 98.2 cm³/mol. The van der Waals surface area contributed by atoms with Crippen LogP contribution in [0.4, 0.5) is 5.82 Å². The number of hydrogen-bond donors (Lipinski definition) is 0. The van der Waals surface area contributed by atoms with Crippen LogP contribution in [0, 0.1) is 0 Å². The molecule has 0 bridgehead atoms. The average Bonchev–Trinajstić information content (AvgIpc) is 3.01. The molecular weight excluding hydrogens is 356 g/mol. The minimum atomic E-state index is -3.68. The zero-order valence-corrected chi connectivity index (χ0v) is 15.6. The zero-order valence-electron chi connectivity index (χ0n) is 14.8. The second kappa shape index (κ2) is 7.46. The summed E-state index contributed by atoms with van der Waals surface area (Å²) in [6, 6.07) is 9.31. The molecule has 140 valence electrons. The molecule has 2 heterocycles. The third-order valence-electron chi connectivity index (χ3n) is 4.23. The molecule has 9 heteroatoms. The maximum atomic E-state index is 12.6. The Balaban J connectivity index is 1.97. The molecule has 1 aromatic carbocycles. The Kier molecular flexibility index (Phi) is 5.28. The van der Waals surface area contributed by atoms with Crippen molar-refractivity contribution < 1.29 is 17.9 Å². The van der Waals surface area contributed by atoms with Gasteiger partial charge in [-0.05, 0) is 0 Å². The van der Waals surface area contributed by atoms with Crippen molar-refractivity contribution in [2.45, 2.75) is 0 Å². The van der Waals surface area contributed by atoms with Crippen LogP contribution in [0.3, 0.4) is 0 Å². The Bertz CT molecular complexity index is 873. The van der Waals surface area contributed by atoms with Crippen molar-refractivity contribution in [3.63, 3.8) is 0 Å². The van der Waals surface area contributed by atoms with Crippen molar-refractivity contribution in [1.82, 2.24) is 14.5 Å². The number of carbonyl (C=O) groups is 1. The molecular formula is C17H22N4O4S. The van der Waals surface area contributed by atoms with Gasteiger partial charge in [-0.1, -0.05) is 30.3 Å². The van der Waals surface area contributed by atoms with E-state index in [0.717, 1.165) is 16.1 Å². The SMILES string of the molecule is Cn1cnc(-c2ccccc2)c1N(CC(=O)N1CCOCC1)S(C)(=O)=O. The first kappa shape index (κ1) is 18.4. The van der Waals surface area contributed by atoms with Gasteiger partial charge < -0.3 is 14.2 Å². The van der Waals surface area contributed by atoms with E-state index in [1.807, 2.05) is 30.3 Å². The number of benzene rings is 1. The van der Waals surface area contributed by atoms with Gasteiger partial charge in [-0.2, -0.15) is 0 Å². The second-order valence-corrected chi connectivity index (χ2v) is 8.06. The molecule has 8 nitrogen and oxygen atoms in total. The Morgan fingerprint density at radius 3 is 2.50 bits per heavy atom. The number of aryl methyl sites for hydroxylation is 1. The first-order valence-electron chi connectivity index (χ1n) is 8.28. The number of morpholine rings is 1. The van der Waals surface area contributed by atoms with Gasteiger partial charge in [-0.3, -0.25) is 4.79 Å². The second-order valence-electron chi connectivity index (χ2n) is 6.16. The summed E-state index contributed by atoms with van der Waals surface area (Å²) in [4.78, 5) is 18.6. The first-order valence-corrected chi connectivity index (χ1v) is 10.1. The summed E-state index contributed by atoms with van der Waals surface area (Å²) in [5.74, 6) is 0.124. The molecule has 1 amide bonds. The highest BCUT2D eigenvalue weighted by Gasteiger charge is 2.29. The van der Waals surface area contributed by atoms with Crippen molar-refractivity contribution in [3.05, 3.63) is 36.7 Å². The van der Waals surface area contributed by atoms with Gasteiger partial charge in [-0.25, -0.2) is 17.7 Å². The molecule has 2 aromatic rings. The van der Waals surface area contributed by atoms with E-state index in [1.165, 1.54) is 0 Å². The zero-order chi connectivity index (χ0) is 18.7. The summed E-state index contributed by atoms with van der Waals surface area (Å²) in [5.41, 5.74) is 1.31. The maximum Gasteiger partial charge on any atom is 0.243 e. The Morgan fingerprint density at radius 2 is 1.88 bits per heavy atom. The molecule has 0 unspecified atom stereocenters. The van der Waals surface area contributed by atoms with Gasteiger partial charge in [0, 0.05) is 25.7 Å². The number of amides is 1. The number of anilines is 1. The fraction of sp³-hybridized carbons (Fsp3) is 0.412. The van der Waals surface area contributed by atoms with Crippen molar-refractivity contribution in [2.24, 2.45) is 7.05 Å². The lowest BCUT2D eigenvalue weighted by Crippen LogP contribution is -2.47. The minimum absolute atomic E-state index is 0.251. The lowest BCUT2D eigenvalue weighted by atomic mass is 10.1. The highest BCUT2D eigenvalue weighted by molar-refractivity contribution is 7.92. The largest absolute Gasteiger partial charge is 0.378 e. The van der Waals surface area contributed by atoms with Gasteiger partial charge in [0.25, 0.3) is 0 Å². The van der Waals surface area contributed by atoms with E-state index in [-0.39, 0.29) is 12.5 Å². The van der Waals surface area contributed by atoms with Gasteiger partial charge >= 0.3 is 0 Å². The Labute approximate surface area is 153 Å². The number of imidazole rings is 1. The maximum absolute atomic E-state index is 12.6. The molecule has 0 aliphatic carbocycles. The van der Waals surface area contributed by atoms with Crippen LogP contribution in [-0.2, 0) is 26.6 Å². The van der Waals surface area contributed by atoms with Crippen LogP contribution in [0.1, 0.15) is 0 Å². The molecule has 0 spiro atoms. The van der Waals surface area contributed by atoms with E-state index in [2.05, 4.69) is 4.98 Å². The molecule has 1 aliphatic heterocycles. The number of aromatic nitrogens is 2. The van der Waals surface area contributed by atoms with Crippen molar-refractivity contribution >= 4 is 21.7 Å². The monoisotopic (exact) mass is 378 g/mol. The molecule has 3 rings (SSSR count). The van der Waals surface area contributed by atoms with Crippen LogP contribution < -0.4 is 4.31 Å². The third kappa shape index (κ3) is 3.88. The highest BCUT2D eigenvalue weighted by atomic mass is 32.2. The molecule has 0 saturated carbocycles. The number of ether oxygens (including phenoxy) is 1. The van der Waals surface area contributed by atoms with E-state index in [0.29, 0.717) is 37.8 Å². The number of nitrogens with zero attached hydrogens (tertiary/aromatic N) is 4. The predicted octanol–water partition coefficient (Wildman–Crippen LogP) is 0.712. The summed E-state index contributed by atoms with van der Waals surface area (Å²) in [7, 11) is -1.97. The summed E-state index contributed by atoms with van der Waals surface area (Å²) >= 11 is 0. The molecule has 1 aromatic heterocycles. The van der Waals surface area contributed by atoms with Crippen LogP contribution >= 0.6 is 0 Å². The summed E-state index contributed by atoms with van der Waals surface area (Å²) < 4.78 is 32.9. The first-order chi connectivity index (χ1) is 12.4. The third-order valence-corrected chi connectivity index (χ3v) is 5.34. The smallest absolute Gasteiger partial charge is 0.243 e. The number of carbonyl (C=O) groups excluding carboxylic acids is 1. The molecule has 0 N–H and O–H groups in total. The highest BCUT2D eigenvalue weighted by Crippen LogP contribution is 2.30. The van der Waals surface area contributed by atoms with Gasteiger partial charge in [0.05, 0.1) is 25.8 Å². The summed E-state index contributed by atoms with van der Waals surface area (Å²) in [6.45, 7) is 1.59. The topological polar surface area (TPSA) is 84.7 Å². The quantitative estimate of drug-likeness (QED) is 0.765. The van der Waals surface area contributed by atoms with E-state index < -0.39 is 10.0 Å². The lowest BCUT2D eigenvalue weighted by molar-refractivity contribution is -0.133. The van der Waals surface area contributed by atoms with Crippen molar-refractivity contribution in [2.75, 3.05) is 43.4 Å². The van der Waals surface area contributed by atoms with E-state index in [9.17, 15) is 13.2 Å². The fourth-order valence-electron chi connectivity index (χ4n) is 2.90. The Hall–Kier alpha value is -2.39. The number of hydrogen-bond acceptors (Lipinski definition) is 5. The van der Waals surface area contributed by atoms with Crippen LogP contribution in [0.15, 0.2) is 36.7 Å². The lowest BCUT2D eigenvalue weighted by Gasteiger charge is -2.30. The fourth-order valence-corrected chi connectivity index (χ4v) is 3.78. The molecule has 26 heavy (non-hydrogen) atoms. The number of rotatable bonds is 5. The standard InChI is InChI=1S/C17H22N4O4S/c1-19-13-18-16(14-6-4-3-5-7-14)17(19)21(26(2,23)24)12-15(22)20-8-10-25-11-9-20/h3-7,13H,8-12H2,1-2H3. The van der Waals surface area contributed by atoms with Crippen LogP contribution in [0.25, 0.3) is 11.3 Å². The van der Waals surface area contributed by atoms with E-state index in [4.69, 9.17) is 4.74 Å². The Morgan fingerprint density at radius 1 is 1.23 bits per heavy atom. The van der Waals surface area contributed by atoms with E-state index in [1.54, 1.807) is 22.8 Å². The van der Waals surface area contributed by atoms with Gasteiger partial charge in [-0.15, -0.1) is 0 Å². The minimum Gasteiger partial charge on any atom is -0.378 e. The average molecular weight is 378 g/mol. The van der Waals surface area contributed by atoms with Crippen LogP contribution in [0.5, 0.6) is 0 Å². The summed E-state index contributed by atoms with van der Waals surface area (Å²) in [5, 5.41) is 0. The van der Waals surface area contributed by atoms with Crippen molar-refractivity contribution in [1.29, 1.82) is 0 Å².